The van der Waals surface area contributed by atoms with Crippen LogP contribution in [0, 0.1) is 6.92 Å². The van der Waals surface area contributed by atoms with Gasteiger partial charge in [0, 0.05) is 16.3 Å². The molecule has 4 nitrogen and oxygen atoms in total. The molecule has 2 N–H and O–H groups in total. The van der Waals surface area contributed by atoms with E-state index in [1.54, 1.807) is 11.3 Å². The van der Waals surface area contributed by atoms with Crippen LogP contribution in [0.5, 0.6) is 0 Å². The smallest absolute Gasteiger partial charge is 0.422 e. The third kappa shape index (κ3) is 5.14. The monoisotopic (exact) mass is 242 g/mol. The highest BCUT2D eigenvalue weighted by Gasteiger charge is 2.15. The molecule has 1 rings (SSSR count). The lowest BCUT2D eigenvalue weighted by Gasteiger charge is -2.19. The van der Waals surface area contributed by atoms with E-state index >= 15 is 0 Å². The van der Waals surface area contributed by atoms with Gasteiger partial charge in [0.15, 0.2) is 0 Å². The molecule has 1 aromatic heterocycles. The molecule has 0 aliphatic rings. The zero-order valence-electron chi connectivity index (χ0n) is 10.1. The average molecular weight is 242 g/mol. The minimum atomic E-state index is -0.467. The predicted octanol–water partition coefficient (Wildman–Crippen LogP) is 2.59. The Morgan fingerprint density at radius 2 is 2.12 bits per heavy atom. The number of carbonyl (C=O) groups excluding carboxylic acids is 1. The fourth-order valence-corrected chi connectivity index (χ4v) is 1.92. The number of rotatable bonds is 3. The summed E-state index contributed by atoms with van der Waals surface area (Å²) >= 11 is 1.70. The molecule has 1 heterocycles. The van der Waals surface area contributed by atoms with Crippen LogP contribution in [0.3, 0.4) is 0 Å². The lowest BCUT2D eigenvalue weighted by atomic mass is 10.2. The van der Waals surface area contributed by atoms with Gasteiger partial charge >= 0.3 is 6.09 Å². The second-order valence-corrected chi connectivity index (χ2v) is 5.87. The summed E-state index contributed by atoms with van der Waals surface area (Å²) in [6.45, 7) is 8.15. The molecule has 90 valence electrons. The van der Waals surface area contributed by atoms with Crippen molar-refractivity contribution in [1.29, 1.82) is 0 Å². The van der Waals surface area contributed by atoms with Crippen molar-refractivity contribution in [2.45, 2.75) is 39.8 Å². The van der Waals surface area contributed by atoms with Gasteiger partial charge in [-0.25, -0.2) is 10.2 Å². The van der Waals surface area contributed by atoms with Gasteiger partial charge in [-0.3, -0.25) is 5.43 Å². The van der Waals surface area contributed by atoms with Crippen molar-refractivity contribution in [1.82, 2.24) is 10.9 Å². The first-order valence-corrected chi connectivity index (χ1v) is 5.95. The highest BCUT2D eigenvalue weighted by Crippen LogP contribution is 2.14. The average Bonchev–Trinajstić information content (AvgIpc) is 2.48. The number of hydrogen-bond acceptors (Lipinski definition) is 4. The molecule has 0 aliphatic carbocycles. The summed E-state index contributed by atoms with van der Waals surface area (Å²) in [6.07, 6.45) is -0.458. The van der Waals surface area contributed by atoms with Crippen molar-refractivity contribution in [3.63, 3.8) is 0 Å². The molecule has 5 heteroatoms. The topological polar surface area (TPSA) is 50.4 Å². The fraction of sp³-hybridized carbons (Fsp3) is 0.545. The molecule has 0 spiro atoms. The van der Waals surface area contributed by atoms with E-state index in [0.717, 1.165) is 0 Å². The quantitative estimate of drug-likeness (QED) is 0.801. The number of ether oxygens (including phenoxy) is 1. The van der Waals surface area contributed by atoms with Crippen LogP contribution in [0.1, 0.15) is 30.5 Å². The van der Waals surface area contributed by atoms with E-state index in [1.165, 1.54) is 9.75 Å². The predicted molar refractivity (Wildman–Crippen MR) is 65.3 cm³/mol. The van der Waals surface area contributed by atoms with Crippen molar-refractivity contribution in [2.75, 3.05) is 0 Å². The maximum absolute atomic E-state index is 11.3. The van der Waals surface area contributed by atoms with Gasteiger partial charge < -0.3 is 4.74 Å². The molecule has 0 bridgehead atoms. The first-order valence-electron chi connectivity index (χ1n) is 5.14. The maximum atomic E-state index is 11.3. The Morgan fingerprint density at radius 1 is 1.44 bits per heavy atom. The van der Waals surface area contributed by atoms with Gasteiger partial charge in [-0.15, -0.1) is 11.3 Å². The van der Waals surface area contributed by atoms with Crippen molar-refractivity contribution in [3.05, 3.63) is 21.9 Å². The standard InChI is InChI=1S/C11H18N2O2S/c1-8-5-6-9(16-8)7-12-13-10(14)15-11(2,3)4/h5-6,12H,7H2,1-4H3,(H,13,14). The molecule has 0 aromatic carbocycles. The molecule has 16 heavy (non-hydrogen) atoms. The number of hydrogen-bond donors (Lipinski definition) is 2. The normalized spacial score (nSPS) is 11.2. The van der Waals surface area contributed by atoms with Crippen molar-refractivity contribution in [3.8, 4) is 0 Å². The van der Waals surface area contributed by atoms with Gasteiger partial charge in [0.05, 0.1) is 0 Å². The van der Waals surface area contributed by atoms with E-state index in [9.17, 15) is 4.79 Å². The van der Waals surface area contributed by atoms with E-state index < -0.39 is 11.7 Å². The van der Waals surface area contributed by atoms with Crippen LogP contribution in [0.2, 0.25) is 0 Å². The Kier molecular flexibility index (Phi) is 4.32. The third-order valence-electron chi connectivity index (χ3n) is 1.65. The van der Waals surface area contributed by atoms with E-state index in [0.29, 0.717) is 6.54 Å². The molecular formula is C11H18N2O2S. The molecule has 0 atom stereocenters. The summed E-state index contributed by atoms with van der Waals surface area (Å²) in [7, 11) is 0. The molecule has 0 fully saturated rings. The second kappa shape index (κ2) is 5.32. The molecule has 0 saturated heterocycles. The summed E-state index contributed by atoms with van der Waals surface area (Å²) in [4.78, 5) is 13.7. The summed E-state index contributed by atoms with van der Waals surface area (Å²) in [5, 5.41) is 0. The molecule has 0 unspecified atom stereocenters. The van der Waals surface area contributed by atoms with Gasteiger partial charge in [-0.05, 0) is 39.8 Å². The number of aryl methyl sites for hydroxylation is 1. The molecular weight excluding hydrogens is 224 g/mol. The minimum Gasteiger partial charge on any atom is -0.443 e. The number of amides is 1. The Morgan fingerprint density at radius 3 is 2.62 bits per heavy atom. The summed E-state index contributed by atoms with van der Waals surface area (Å²) in [5.74, 6) is 0. The van der Waals surface area contributed by atoms with Crippen LogP contribution in [-0.2, 0) is 11.3 Å². The lowest BCUT2D eigenvalue weighted by Crippen LogP contribution is -2.40. The third-order valence-corrected chi connectivity index (χ3v) is 2.65. The van der Waals surface area contributed by atoms with Gasteiger partial charge in [0.2, 0.25) is 0 Å². The molecule has 1 aromatic rings. The Labute approximate surface area is 100.0 Å². The highest BCUT2D eigenvalue weighted by atomic mass is 32.1. The zero-order valence-corrected chi connectivity index (χ0v) is 10.9. The highest BCUT2D eigenvalue weighted by molar-refractivity contribution is 7.11. The van der Waals surface area contributed by atoms with Crippen LogP contribution in [-0.4, -0.2) is 11.7 Å². The number of carbonyl (C=O) groups is 1. The van der Waals surface area contributed by atoms with Crippen molar-refractivity contribution in [2.24, 2.45) is 0 Å². The van der Waals surface area contributed by atoms with E-state index in [2.05, 4.69) is 23.8 Å². The van der Waals surface area contributed by atoms with Crippen LogP contribution >= 0.6 is 11.3 Å². The molecule has 0 saturated carbocycles. The Balaban J connectivity index is 2.23. The molecule has 0 aliphatic heterocycles. The molecule has 0 radical (unpaired) electrons. The first kappa shape index (κ1) is 13.0. The largest absolute Gasteiger partial charge is 0.443 e. The minimum absolute atomic E-state index is 0.458. The van der Waals surface area contributed by atoms with E-state index in [-0.39, 0.29) is 0 Å². The van der Waals surface area contributed by atoms with Gasteiger partial charge in [-0.1, -0.05) is 0 Å². The summed E-state index contributed by atoms with van der Waals surface area (Å²) in [6, 6.07) is 4.08. The number of nitrogens with one attached hydrogen (secondary N) is 2. The SMILES string of the molecule is Cc1ccc(CNNC(=O)OC(C)(C)C)s1. The van der Waals surface area contributed by atoms with Gasteiger partial charge in [-0.2, -0.15) is 0 Å². The van der Waals surface area contributed by atoms with Crippen molar-refractivity contribution < 1.29 is 9.53 Å². The van der Waals surface area contributed by atoms with E-state index in [1.807, 2.05) is 26.8 Å². The molecule has 1 amide bonds. The van der Waals surface area contributed by atoms with Crippen LogP contribution in [0.15, 0.2) is 12.1 Å². The van der Waals surface area contributed by atoms with Crippen molar-refractivity contribution >= 4 is 17.4 Å². The second-order valence-electron chi connectivity index (χ2n) is 4.49. The van der Waals surface area contributed by atoms with Gasteiger partial charge in [0.25, 0.3) is 0 Å². The fourth-order valence-electron chi connectivity index (χ4n) is 1.09. The number of hydrazine groups is 1. The first-order chi connectivity index (χ1) is 7.37. The Bertz CT molecular complexity index is 355. The summed E-state index contributed by atoms with van der Waals surface area (Å²) in [5.41, 5.74) is 4.85. The van der Waals surface area contributed by atoms with Crippen LogP contribution in [0.4, 0.5) is 4.79 Å². The number of thiophene rings is 1. The van der Waals surface area contributed by atoms with Crippen LogP contribution in [0.25, 0.3) is 0 Å². The maximum Gasteiger partial charge on any atom is 0.422 e. The van der Waals surface area contributed by atoms with Crippen LogP contribution < -0.4 is 10.9 Å². The Hall–Kier alpha value is -1.07. The lowest BCUT2D eigenvalue weighted by molar-refractivity contribution is 0.0497. The van der Waals surface area contributed by atoms with Gasteiger partial charge in [0.1, 0.15) is 5.60 Å². The summed E-state index contributed by atoms with van der Waals surface area (Å²) < 4.78 is 5.07. The van der Waals surface area contributed by atoms with E-state index in [4.69, 9.17) is 4.74 Å². The zero-order chi connectivity index (χ0) is 12.2.